The summed E-state index contributed by atoms with van der Waals surface area (Å²) in [6.07, 6.45) is 0.759. The van der Waals surface area contributed by atoms with E-state index in [4.69, 9.17) is 9.84 Å². The molecule has 0 saturated heterocycles. The Labute approximate surface area is 127 Å². The van der Waals surface area contributed by atoms with E-state index in [2.05, 4.69) is 0 Å². The Morgan fingerprint density at radius 1 is 1.14 bits per heavy atom. The molecule has 1 aromatic carbocycles. The first-order chi connectivity index (χ1) is 10.2. The fourth-order valence-corrected chi connectivity index (χ4v) is 2.67. The van der Waals surface area contributed by atoms with Crippen LogP contribution < -0.4 is 0 Å². The predicted octanol–water partition coefficient (Wildman–Crippen LogP) is 2.78. The molecule has 0 aliphatic rings. The zero-order chi connectivity index (χ0) is 15.1. The van der Waals surface area contributed by atoms with Gasteiger partial charge >= 0.3 is 11.9 Å². The molecule has 0 fully saturated rings. The lowest BCUT2D eigenvalue weighted by atomic mass is 10.1. The third-order valence-corrected chi connectivity index (χ3v) is 3.94. The second-order valence-electron chi connectivity index (χ2n) is 4.58. The molecule has 1 heterocycles. The SMILES string of the molecule is O=C(O)C(Cc1cccs1)C(=O)OCCc1ccccc1. The number of thiophene rings is 1. The molecule has 1 N–H and O–H groups in total. The molecule has 4 nitrogen and oxygen atoms in total. The van der Waals surface area contributed by atoms with Crippen LogP contribution >= 0.6 is 11.3 Å². The average Bonchev–Trinajstić information content (AvgIpc) is 2.98. The highest BCUT2D eigenvalue weighted by Gasteiger charge is 2.28. The zero-order valence-electron chi connectivity index (χ0n) is 11.4. The Balaban J connectivity index is 1.85. The van der Waals surface area contributed by atoms with Crippen LogP contribution in [-0.4, -0.2) is 23.7 Å². The van der Waals surface area contributed by atoms with E-state index in [1.54, 1.807) is 0 Å². The molecule has 1 atom stereocenters. The number of benzene rings is 1. The minimum Gasteiger partial charge on any atom is -0.481 e. The fourth-order valence-electron chi connectivity index (χ4n) is 1.92. The molecule has 21 heavy (non-hydrogen) atoms. The van der Waals surface area contributed by atoms with Crippen LogP contribution in [0.1, 0.15) is 10.4 Å². The minimum atomic E-state index is -1.15. The van der Waals surface area contributed by atoms with Gasteiger partial charge in [0.1, 0.15) is 0 Å². The molecular formula is C16H16O4S. The van der Waals surface area contributed by atoms with Gasteiger partial charge in [-0.2, -0.15) is 0 Å². The zero-order valence-corrected chi connectivity index (χ0v) is 12.2. The monoisotopic (exact) mass is 304 g/mol. The molecule has 0 bridgehead atoms. The molecule has 0 saturated carbocycles. The maximum atomic E-state index is 11.9. The van der Waals surface area contributed by atoms with Crippen molar-refractivity contribution in [1.29, 1.82) is 0 Å². The van der Waals surface area contributed by atoms with Crippen LogP contribution in [0, 0.1) is 5.92 Å². The number of aliphatic carboxylic acids is 1. The third-order valence-electron chi connectivity index (χ3n) is 3.05. The molecule has 2 rings (SSSR count). The highest BCUT2D eigenvalue weighted by atomic mass is 32.1. The molecule has 110 valence electrons. The molecule has 5 heteroatoms. The predicted molar refractivity (Wildman–Crippen MR) is 80.3 cm³/mol. The lowest BCUT2D eigenvalue weighted by Gasteiger charge is -2.11. The Morgan fingerprint density at radius 3 is 2.52 bits per heavy atom. The maximum Gasteiger partial charge on any atom is 0.320 e. The van der Waals surface area contributed by atoms with Gasteiger partial charge in [-0.3, -0.25) is 9.59 Å². The molecule has 0 radical (unpaired) electrons. The van der Waals surface area contributed by atoms with Crippen molar-refractivity contribution in [1.82, 2.24) is 0 Å². The number of esters is 1. The molecule has 2 aromatic rings. The maximum absolute atomic E-state index is 11.9. The van der Waals surface area contributed by atoms with E-state index < -0.39 is 17.9 Å². The van der Waals surface area contributed by atoms with Gasteiger partial charge < -0.3 is 9.84 Å². The molecule has 0 spiro atoms. The van der Waals surface area contributed by atoms with Gasteiger partial charge in [0, 0.05) is 17.7 Å². The normalized spacial score (nSPS) is 11.8. The first kappa shape index (κ1) is 15.3. The van der Waals surface area contributed by atoms with E-state index in [1.807, 2.05) is 47.8 Å². The summed E-state index contributed by atoms with van der Waals surface area (Å²) in [6.45, 7) is 0.192. The Morgan fingerprint density at radius 2 is 1.90 bits per heavy atom. The largest absolute Gasteiger partial charge is 0.481 e. The van der Waals surface area contributed by atoms with E-state index in [0.717, 1.165) is 10.4 Å². The number of carbonyl (C=O) groups excluding carboxylic acids is 1. The summed E-state index contributed by atoms with van der Waals surface area (Å²) in [5.74, 6) is -2.96. The minimum absolute atomic E-state index is 0.178. The quantitative estimate of drug-likeness (QED) is 0.631. The van der Waals surface area contributed by atoms with Crippen LogP contribution in [0.5, 0.6) is 0 Å². The summed E-state index contributed by atoms with van der Waals surface area (Å²) in [7, 11) is 0. The van der Waals surface area contributed by atoms with Crippen LogP contribution in [-0.2, 0) is 27.2 Å². The Bertz CT molecular complexity index is 578. The summed E-state index contributed by atoms with van der Waals surface area (Å²) >= 11 is 1.44. The van der Waals surface area contributed by atoms with E-state index in [1.165, 1.54) is 11.3 Å². The van der Waals surface area contributed by atoms with Crippen molar-refractivity contribution in [3.8, 4) is 0 Å². The summed E-state index contributed by atoms with van der Waals surface area (Å²) < 4.78 is 5.10. The van der Waals surface area contributed by atoms with Gasteiger partial charge in [0.15, 0.2) is 5.92 Å². The number of hydrogen-bond donors (Lipinski definition) is 1. The smallest absolute Gasteiger partial charge is 0.320 e. The van der Waals surface area contributed by atoms with Gasteiger partial charge in [0.2, 0.25) is 0 Å². The third kappa shape index (κ3) is 4.72. The van der Waals surface area contributed by atoms with Crippen LogP contribution in [0.3, 0.4) is 0 Å². The number of carboxylic acids is 1. The molecule has 1 unspecified atom stereocenters. The van der Waals surface area contributed by atoms with Crippen molar-refractivity contribution < 1.29 is 19.4 Å². The van der Waals surface area contributed by atoms with Gasteiger partial charge in [-0.25, -0.2) is 0 Å². The molecular weight excluding hydrogens is 288 g/mol. The average molecular weight is 304 g/mol. The van der Waals surface area contributed by atoms with Crippen LogP contribution in [0.4, 0.5) is 0 Å². The Hall–Kier alpha value is -2.14. The molecule has 0 aliphatic carbocycles. The van der Waals surface area contributed by atoms with Crippen LogP contribution in [0.25, 0.3) is 0 Å². The second kappa shape index (κ2) is 7.59. The van der Waals surface area contributed by atoms with Gasteiger partial charge in [0.05, 0.1) is 6.61 Å². The first-order valence-electron chi connectivity index (χ1n) is 6.62. The molecule has 0 amide bonds. The van der Waals surface area contributed by atoms with Crippen LogP contribution in [0.2, 0.25) is 0 Å². The Kier molecular flexibility index (Phi) is 5.51. The van der Waals surface area contributed by atoms with Crippen molar-refractivity contribution in [3.63, 3.8) is 0 Å². The first-order valence-corrected chi connectivity index (χ1v) is 7.50. The standard InChI is InChI=1S/C16H16O4S/c17-15(18)14(11-13-7-4-10-21-13)16(19)20-9-8-12-5-2-1-3-6-12/h1-7,10,14H,8-9,11H2,(H,17,18). The number of hydrogen-bond acceptors (Lipinski definition) is 4. The van der Waals surface area contributed by atoms with Crippen molar-refractivity contribution in [2.45, 2.75) is 12.8 Å². The number of carbonyl (C=O) groups is 2. The van der Waals surface area contributed by atoms with Gasteiger partial charge in [-0.05, 0) is 17.0 Å². The van der Waals surface area contributed by atoms with Crippen molar-refractivity contribution in [3.05, 3.63) is 58.3 Å². The summed E-state index contributed by atoms with van der Waals surface area (Å²) in [6, 6.07) is 13.3. The van der Waals surface area contributed by atoms with Crippen molar-refractivity contribution in [2.24, 2.45) is 5.92 Å². The van der Waals surface area contributed by atoms with Crippen LogP contribution in [0.15, 0.2) is 47.8 Å². The van der Waals surface area contributed by atoms with Gasteiger partial charge in [0.25, 0.3) is 0 Å². The van der Waals surface area contributed by atoms with E-state index in [9.17, 15) is 9.59 Å². The lowest BCUT2D eigenvalue weighted by molar-refractivity contribution is -0.158. The van der Waals surface area contributed by atoms with Crippen molar-refractivity contribution >= 4 is 23.3 Å². The molecule has 0 aliphatic heterocycles. The van der Waals surface area contributed by atoms with E-state index in [0.29, 0.717) is 6.42 Å². The van der Waals surface area contributed by atoms with E-state index >= 15 is 0 Å². The summed E-state index contributed by atoms with van der Waals surface area (Å²) in [4.78, 5) is 24.0. The second-order valence-corrected chi connectivity index (χ2v) is 5.61. The number of rotatable bonds is 7. The summed E-state index contributed by atoms with van der Waals surface area (Å²) in [5, 5.41) is 11.0. The highest BCUT2D eigenvalue weighted by Crippen LogP contribution is 2.16. The topological polar surface area (TPSA) is 63.6 Å². The fraction of sp³-hybridized carbons (Fsp3) is 0.250. The summed E-state index contributed by atoms with van der Waals surface area (Å²) in [5.41, 5.74) is 1.05. The highest BCUT2D eigenvalue weighted by molar-refractivity contribution is 7.09. The van der Waals surface area contributed by atoms with Crippen molar-refractivity contribution in [2.75, 3.05) is 6.61 Å². The van der Waals surface area contributed by atoms with E-state index in [-0.39, 0.29) is 13.0 Å². The number of ether oxygens (including phenoxy) is 1. The lowest BCUT2D eigenvalue weighted by Crippen LogP contribution is -2.28. The number of carboxylic acid groups (broad SMARTS) is 1. The molecule has 1 aromatic heterocycles. The van der Waals surface area contributed by atoms with Gasteiger partial charge in [-0.15, -0.1) is 11.3 Å². The van der Waals surface area contributed by atoms with Gasteiger partial charge in [-0.1, -0.05) is 36.4 Å².